The van der Waals surface area contributed by atoms with E-state index in [9.17, 15) is 0 Å². The molecule has 1 aliphatic carbocycles. The summed E-state index contributed by atoms with van der Waals surface area (Å²) < 4.78 is 5.98. The van der Waals surface area contributed by atoms with E-state index in [4.69, 9.17) is 16.3 Å². The average molecular weight is 309 g/mol. The molecule has 1 saturated carbocycles. The number of halogens is 1. The van der Waals surface area contributed by atoms with Gasteiger partial charge in [-0.3, -0.25) is 0 Å². The zero-order valence-corrected chi connectivity index (χ0v) is 13.4. The summed E-state index contributed by atoms with van der Waals surface area (Å²) in [5.74, 6) is 0.869. The number of benzene rings is 1. The minimum atomic E-state index is 0.701. The number of rotatable bonds is 8. The van der Waals surface area contributed by atoms with Gasteiger partial charge in [0.15, 0.2) is 0 Å². The van der Waals surface area contributed by atoms with Crippen LogP contribution in [0.2, 0.25) is 5.02 Å². The highest BCUT2D eigenvalue weighted by molar-refractivity contribution is 6.32. The van der Waals surface area contributed by atoms with Crippen molar-refractivity contribution in [3.8, 4) is 5.75 Å². The Kier molecular flexibility index (Phi) is 5.39. The Balaban J connectivity index is 1.47. The van der Waals surface area contributed by atoms with Crippen LogP contribution in [-0.4, -0.2) is 37.2 Å². The van der Waals surface area contributed by atoms with Gasteiger partial charge in [-0.05, 0) is 51.3 Å². The molecule has 0 bridgehead atoms. The van der Waals surface area contributed by atoms with Gasteiger partial charge in [-0.25, -0.2) is 0 Å². The molecule has 1 heterocycles. The van der Waals surface area contributed by atoms with E-state index in [0.29, 0.717) is 6.04 Å². The van der Waals surface area contributed by atoms with Gasteiger partial charge in [0.05, 0.1) is 11.6 Å². The van der Waals surface area contributed by atoms with E-state index in [1.54, 1.807) is 0 Å². The standard InChI is InChI=1S/C17H25ClN2O/c18-16-6-3-5-14(13-19-15-7-8-15)17(16)21-12-4-11-20-9-1-2-10-20/h3,5-6,15,19H,1-2,4,7-13H2. The van der Waals surface area contributed by atoms with Crippen LogP contribution < -0.4 is 10.1 Å². The summed E-state index contributed by atoms with van der Waals surface area (Å²) in [5.41, 5.74) is 1.18. The maximum Gasteiger partial charge on any atom is 0.142 e. The van der Waals surface area contributed by atoms with Gasteiger partial charge in [-0.15, -0.1) is 0 Å². The molecule has 0 aromatic heterocycles. The fourth-order valence-corrected chi connectivity index (χ4v) is 3.11. The predicted octanol–water partition coefficient (Wildman–Crippen LogP) is 3.46. The first-order valence-corrected chi connectivity index (χ1v) is 8.56. The maximum absolute atomic E-state index is 6.30. The lowest BCUT2D eigenvalue weighted by Gasteiger charge is -2.16. The Hall–Kier alpha value is -0.770. The second kappa shape index (κ2) is 7.48. The van der Waals surface area contributed by atoms with Gasteiger partial charge in [0.2, 0.25) is 0 Å². The Labute approximate surface area is 132 Å². The second-order valence-corrected chi connectivity index (χ2v) is 6.54. The van der Waals surface area contributed by atoms with Crippen LogP contribution in [0.15, 0.2) is 18.2 Å². The van der Waals surface area contributed by atoms with Gasteiger partial charge in [-0.1, -0.05) is 23.7 Å². The minimum Gasteiger partial charge on any atom is -0.492 e. The van der Waals surface area contributed by atoms with Crippen molar-refractivity contribution in [2.24, 2.45) is 0 Å². The molecule has 116 valence electrons. The van der Waals surface area contributed by atoms with Crippen LogP contribution in [0.25, 0.3) is 0 Å². The molecule has 0 atom stereocenters. The van der Waals surface area contributed by atoms with Crippen molar-refractivity contribution >= 4 is 11.6 Å². The summed E-state index contributed by atoms with van der Waals surface area (Å²) >= 11 is 6.30. The molecule has 0 unspecified atom stereocenters. The van der Waals surface area contributed by atoms with Crippen LogP contribution in [0, 0.1) is 0 Å². The summed E-state index contributed by atoms with van der Waals surface area (Å²) in [6, 6.07) is 6.73. The monoisotopic (exact) mass is 308 g/mol. The molecule has 0 spiro atoms. The maximum atomic E-state index is 6.30. The third kappa shape index (κ3) is 4.60. The molecule has 1 aliphatic heterocycles. The van der Waals surface area contributed by atoms with Gasteiger partial charge in [0.25, 0.3) is 0 Å². The minimum absolute atomic E-state index is 0.701. The molecule has 1 N–H and O–H groups in total. The summed E-state index contributed by atoms with van der Waals surface area (Å²) in [6.45, 7) is 5.24. The third-order valence-electron chi connectivity index (χ3n) is 4.27. The summed E-state index contributed by atoms with van der Waals surface area (Å²) in [4.78, 5) is 2.52. The molecule has 0 radical (unpaired) electrons. The quantitative estimate of drug-likeness (QED) is 0.744. The Bertz CT molecular complexity index is 456. The highest BCUT2D eigenvalue weighted by Crippen LogP contribution is 2.30. The first-order chi connectivity index (χ1) is 10.3. The zero-order valence-electron chi connectivity index (χ0n) is 12.6. The first-order valence-electron chi connectivity index (χ1n) is 8.19. The molecule has 1 aromatic carbocycles. The van der Waals surface area contributed by atoms with Crippen LogP contribution in [0.4, 0.5) is 0 Å². The van der Waals surface area contributed by atoms with E-state index in [-0.39, 0.29) is 0 Å². The van der Waals surface area contributed by atoms with E-state index >= 15 is 0 Å². The molecule has 1 saturated heterocycles. The molecule has 3 nitrogen and oxygen atoms in total. The van der Waals surface area contributed by atoms with Gasteiger partial charge in [0, 0.05) is 24.7 Å². The highest BCUT2D eigenvalue weighted by atomic mass is 35.5. The molecule has 1 aromatic rings. The van der Waals surface area contributed by atoms with E-state index in [1.165, 1.54) is 44.3 Å². The number of likely N-dealkylation sites (tertiary alicyclic amines) is 1. The van der Waals surface area contributed by atoms with Gasteiger partial charge >= 0.3 is 0 Å². The number of para-hydroxylation sites is 1. The normalized spacial score (nSPS) is 19.1. The van der Waals surface area contributed by atoms with E-state index in [2.05, 4.69) is 16.3 Å². The Morgan fingerprint density at radius 1 is 1.24 bits per heavy atom. The molecule has 4 heteroatoms. The third-order valence-corrected chi connectivity index (χ3v) is 4.57. The van der Waals surface area contributed by atoms with Gasteiger partial charge in [-0.2, -0.15) is 0 Å². The van der Waals surface area contributed by atoms with Crippen molar-refractivity contribution in [2.75, 3.05) is 26.2 Å². The number of hydrogen-bond donors (Lipinski definition) is 1. The number of hydrogen-bond acceptors (Lipinski definition) is 3. The Morgan fingerprint density at radius 2 is 2.05 bits per heavy atom. The molecular formula is C17H25ClN2O. The molecule has 2 fully saturated rings. The van der Waals surface area contributed by atoms with Crippen molar-refractivity contribution in [1.82, 2.24) is 10.2 Å². The van der Waals surface area contributed by atoms with E-state index in [0.717, 1.165) is 36.9 Å². The zero-order chi connectivity index (χ0) is 14.5. The summed E-state index contributed by atoms with van der Waals surface area (Å²) in [5, 5.41) is 4.26. The van der Waals surface area contributed by atoms with E-state index < -0.39 is 0 Å². The molecule has 0 amide bonds. The SMILES string of the molecule is Clc1cccc(CNC2CC2)c1OCCCN1CCCC1. The number of ether oxygens (including phenoxy) is 1. The predicted molar refractivity (Wildman–Crippen MR) is 87.1 cm³/mol. The molecular weight excluding hydrogens is 284 g/mol. The molecule has 3 rings (SSSR count). The fraction of sp³-hybridized carbons (Fsp3) is 0.647. The van der Waals surface area contributed by atoms with Crippen molar-refractivity contribution < 1.29 is 4.74 Å². The molecule has 21 heavy (non-hydrogen) atoms. The lowest BCUT2D eigenvalue weighted by atomic mass is 10.2. The Morgan fingerprint density at radius 3 is 2.81 bits per heavy atom. The number of nitrogens with zero attached hydrogens (tertiary/aromatic N) is 1. The number of nitrogens with one attached hydrogen (secondary N) is 1. The topological polar surface area (TPSA) is 24.5 Å². The van der Waals surface area contributed by atoms with E-state index in [1.807, 2.05) is 12.1 Å². The van der Waals surface area contributed by atoms with Crippen LogP contribution in [0.5, 0.6) is 5.75 Å². The fourth-order valence-electron chi connectivity index (χ4n) is 2.86. The van der Waals surface area contributed by atoms with Crippen molar-refractivity contribution in [2.45, 2.75) is 44.7 Å². The molecule has 2 aliphatic rings. The largest absolute Gasteiger partial charge is 0.492 e. The average Bonchev–Trinajstić information content (AvgIpc) is 3.17. The highest BCUT2D eigenvalue weighted by Gasteiger charge is 2.21. The van der Waals surface area contributed by atoms with Crippen LogP contribution in [-0.2, 0) is 6.54 Å². The summed E-state index contributed by atoms with van der Waals surface area (Å²) in [7, 11) is 0. The van der Waals surface area contributed by atoms with Crippen LogP contribution >= 0.6 is 11.6 Å². The van der Waals surface area contributed by atoms with Crippen LogP contribution in [0.3, 0.4) is 0 Å². The summed E-state index contributed by atoms with van der Waals surface area (Å²) in [6.07, 6.45) is 6.37. The van der Waals surface area contributed by atoms with Gasteiger partial charge < -0.3 is 15.0 Å². The van der Waals surface area contributed by atoms with Crippen molar-refractivity contribution in [1.29, 1.82) is 0 Å². The van der Waals surface area contributed by atoms with Crippen molar-refractivity contribution in [3.05, 3.63) is 28.8 Å². The van der Waals surface area contributed by atoms with Crippen molar-refractivity contribution in [3.63, 3.8) is 0 Å². The smallest absolute Gasteiger partial charge is 0.142 e. The second-order valence-electron chi connectivity index (χ2n) is 6.13. The van der Waals surface area contributed by atoms with Gasteiger partial charge in [0.1, 0.15) is 5.75 Å². The lowest BCUT2D eigenvalue weighted by molar-refractivity contribution is 0.261. The lowest BCUT2D eigenvalue weighted by Crippen LogP contribution is -2.22. The van der Waals surface area contributed by atoms with Crippen LogP contribution in [0.1, 0.15) is 37.7 Å². The first kappa shape index (κ1) is 15.1.